The van der Waals surface area contributed by atoms with Crippen LogP contribution >= 0.6 is 22.9 Å². The molecule has 24 heavy (non-hydrogen) atoms. The number of hydrogen-bond acceptors (Lipinski definition) is 4. The van der Waals surface area contributed by atoms with Crippen molar-refractivity contribution in [3.05, 3.63) is 40.0 Å². The third-order valence-electron chi connectivity index (χ3n) is 4.41. The first-order chi connectivity index (χ1) is 11.5. The average Bonchev–Trinajstić information content (AvgIpc) is 2.98. The highest BCUT2D eigenvalue weighted by atomic mass is 35.5. The zero-order chi connectivity index (χ0) is 17.3. The zero-order valence-corrected chi connectivity index (χ0v) is 16.1. The molecule has 3 rings (SSSR count). The molecule has 0 saturated heterocycles. The van der Waals surface area contributed by atoms with Gasteiger partial charge < -0.3 is 4.90 Å². The molecule has 0 spiro atoms. The van der Waals surface area contributed by atoms with Crippen molar-refractivity contribution in [3.63, 3.8) is 0 Å². The predicted octanol–water partition coefficient (Wildman–Crippen LogP) is 5.86. The van der Waals surface area contributed by atoms with Gasteiger partial charge >= 0.3 is 0 Å². The molecule has 0 saturated carbocycles. The maximum absolute atomic E-state index is 6.16. The number of anilines is 1. The van der Waals surface area contributed by atoms with Crippen molar-refractivity contribution in [2.45, 2.75) is 33.6 Å². The fraction of sp³-hybridized carbons (Fsp3) is 0.368. The summed E-state index contributed by atoms with van der Waals surface area (Å²) in [6.45, 7) is 7.44. The van der Waals surface area contributed by atoms with Crippen LogP contribution in [0.4, 0.5) is 5.82 Å². The molecular weight excluding hydrogens is 338 g/mol. The Bertz CT molecular complexity index is 872. The molecule has 126 valence electrons. The molecule has 0 amide bonds. The highest BCUT2D eigenvalue weighted by molar-refractivity contribution is 7.17. The molecule has 2 aromatic heterocycles. The molecule has 1 aromatic carbocycles. The van der Waals surface area contributed by atoms with Gasteiger partial charge in [0.1, 0.15) is 10.6 Å². The highest BCUT2D eigenvalue weighted by Crippen LogP contribution is 2.39. The highest BCUT2D eigenvalue weighted by Gasteiger charge is 2.17. The third kappa shape index (κ3) is 3.26. The van der Waals surface area contributed by atoms with Gasteiger partial charge in [-0.25, -0.2) is 4.98 Å². The van der Waals surface area contributed by atoms with E-state index in [0.29, 0.717) is 5.28 Å². The van der Waals surface area contributed by atoms with Gasteiger partial charge in [-0.3, -0.25) is 0 Å². The smallest absolute Gasteiger partial charge is 0.225 e. The summed E-state index contributed by atoms with van der Waals surface area (Å²) in [6.07, 6.45) is 2.28. The molecule has 0 atom stereocenters. The minimum Gasteiger partial charge on any atom is -0.359 e. The van der Waals surface area contributed by atoms with Crippen molar-refractivity contribution in [3.8, 4) is 11.1 Å². The molecular formula is C19H22ClN3S. The van der Waals surface area contributed by atoms with Crippen LogP contribution < -0.4 is 4.90 Å². The number of thiophene rings is 1. The number of unbranched alkanes of at least 4 members (excludes halogenated alkanes) is 1. The fourth-order valence-electron chi connectivity index (χ4n) is 2.80. The first-order valence-corrected chi connectivity index (χ1v) is 9.50. The first-order valence-electron chi connectivity index (χ1n) is 8.24. The van der Waals surface area contributed by atoms with E-state index in [0.717, 1.165) is 35.4 Å². The molecule has 0 unspecified atom stereocenters. The van der Waals surface area contributed by atoms with E-state index in [9.17, 15) is 0 Å². The van der Waals surface area contributed by atoms with E-state index < -0.39 is 0 Å². The summed E-state index contributed by atoms with van der Waals surface area (Å²) in [6, 6.07) is 6.58. The minimum atomic E-state index is 0.314. The average molecular weight is 360 g/mol. The predicted molar refractivity (Wildman–Crippen MR) is 106 cm³/mol. The van der Waals surface area contributed by atoms with Crippen LogP contribution in [0.1, 0.15) is 30.9 Å². The summed E-state index contributed by atoms with van der Waals surface area (Å²) in [7, 11) is 2.08. The number of nitrogens with zero attached hydrogens (tertiary/aromatic N) is 3. The molecule has 3 aromatic rings. The molecule has 3 nitrogen and oxygen atoms in total. The third-order valence-corrected chi connectivity index (χ3v) is 5.45. The molecule has 0 aliphatic carbocycles. The Morgan fingerprint density at radius 2 is 1.96 bits per heavy atom. The second kappa shape index (κ2) is 7.08. The lowest BCUT2D eigenvalue weighted by Crippen LogP contribution is -2.20. The number of hydrogen-bond donors (Lipinski definition) is 0. The lowest BCUT2D eigenvalue weighted by molar-refractivity contribution is 0.761. The van der Waals surface area contributed by atoms with Crippen molar-refractivity contribution >= 4 is 39.0 Å². The number of halogens is 1. The summed E-state index contributed by atoms with van der Waals surface area (Å²) < 4.78 is 0. The lowest BCUT2D eigenvalue weighted by Gasteiger charge is -2.19. The van der Waals surface area contributed by atoms with Crippen LogP contribution in [0.25, 0.3) is 21.3 Å². The van der Waals surface area contributed by atoms with Gasteiger partial charge in [-0.1, -0.05) is 31.5 Å². The number of benzene rings is 1. The Labute approximate surface area is 152 Å². The number of aromatic nitrogens is 2. The molecule has 0 bridgehead atoms. The Hall–Kier alpha value is -1.65. The van der Waals surface area contributed by atoms with Gasteiger partial charge in [0.25, 0.3) is 0 Å². The van der Waals surface area contributed by atoms with Gasteiger partial charge in [0, 0.05) is 24.5 Å². The van der Waals surface area contributed by atoms with Gasteiger partial charge in [-0.15, -0.1) is 11.3 Å². The van der Waals surface area contributed by atoms with E-state index in [2.05, 4.69) is 66.3 Å². The van der Waals surface area contributed by atoms with Crippen LogP contribution in [-0.2, 0) is 0 Å². The maximum Gasteiger partial charge on any atom is 0.225 e. The van der Waals surface area contributed by atoms with E-state index >= 15 is 0 Å². The van der Waals surface area contributed by atoms with Crippen molar-refractivity contribution in [1.29, 1.82) is 0 Å². The van der Waals surface area contributed by atoms with Crippen LogP contribution in [0.2, 0.25) is 5.28 Å². The normalized spacial score (nSPS) is 11.2. The van der Waals surface area contributed by atoms with Crippen LogP contribution in [0, 0.1) is 13.8 Å². The fourth-order valence-corrected chi connectivity index (χ4v) is 3.95. The van der Waals surface area contributed by atoms with Crippen molar-refractivity contribution in [2.24, 2.45) is 0 Å². The summed E-state index contributed by atoms with van der Waals surface area (Å²) >= 11 is 7.79. The van der Waals surface area contributed by atoms with Crippen molar-refractivity contribution < 1.29 is 0 Å². The minimum absolute atomic E-state index is 0.314. The second-order valence-corrected chi connectivity index (χ2v) is 7.42. The SMILES string of the molecule is CCCCN(C)c1nc(Cl)nc2scc(-c3ccc(C)c(C)c3)c12. The lowest BCUT2D eigenvalue weighted by atomic mass is 10.0. The number of aryl methyl sites for hydroxylation is 2. The van der Waals surface area contributed by atoms with Gasteiger partial charge in [-0.05, 0) is 48.6 Å². The summed E-state index contributed by atoms with van der Waals surface area (Å²) in [5.41, 5.74) is 4.99. The Balaban J connectivity index is 2.17. The summed E-state index contributed by atoms with van der Waals surface area (Å²) in [5.74, 6) is 0.924. The van der Waals surface area contributed by atoms with E-state index in [1.165, 1.54) is 22.3 Å². The number of fused-ring (bicyclic) bond motifs is 1. The Morgan fingerprint density at radius 1 is 1.17 bits per heavy atom. The van der Waals surface area contributed by atoms with Crippen molar-refractivity contribution in [2.75, 3.05) is 18.5 Å². The van der Waals surface area contributed by atoms with Crippen LogP contribution in [0.3, 0.4) is 0 Å². The van der Waals surface area contributed by atoms with Crippen LogP contribution in [0.15, 0.2) is 23.6 Å². The van der Waals surface area contributed by atoms with Crippen LogP contribution in [-0.4, -0.2) is 23.6 Å². The molecule has 2 heterocycles. The molecule has 5 heteroatoms. The van der Waals surface area contributed by atoms with Crippen molar-refractivity contribution in [1.82, 2.24) is 9.97 Å². The Morgan fingerprint density at radius 3 is 2.67 bits per heavy atom. The van der Waals surface area contributed by atoms with E-state index in [4.69, 9.17) is 11.6 Å². The van der Waals surface area contributed by atoms with E-state index in [1.807, 2.05) is 0 Å². The van der Waals surface area contributed by atoms with E-state index in [-0.39, 0.29) is 0 Å². The standard InChI is InChI=1S/C19H22ClN3S/c1-5-6-9-23(4)17-16-15(11-24-18(16)22-19(20)21-17)14-8-7-12(2)13(3)10-14/h7-8,10-11H,5-6,9H2,1-4H3. The molecule has 0 N–H and O–H groups in total. The first kappa shape index (κ1) is 17.2. The monoisotopic (exact) mass is 359 g/mol. The topological polar surface area (TPSA) is 29.0 Å². The van der Waals surface area contributed by atoms with E-state index in [1.54, 1.807) is 11.3 Å². The molecule has 0 aliphatic heterocycles. The summed E-state index contributed by atoms with van der Waals surface area (Å²) in [5, 5.41) is 3.58. The van der Waals surface area contributed by atoms with Gasteiger partial charge in [-0.2, -0.15) is 4.98 Å². The molecule has 0 aliphatic rings. The van der Waals surface area contributed by atoms with Gasteiger partial charge in [0.05, 0.1) is 5.39 Å². The zero-order valence-electron chi connectivity index (χ0n) is 14.6. The molecule has 0 fully saturated rings. The van der Waals surface area contributed by atoms with Gasteiger partial charge in [0.15, 0.2) is 0 Å². The van der Waals surface area contributed by atoms with Crippen LogP contribution in [0.5, 0.6) is 0 Å². The Kier molecular flexibility index (Phi) is 5.07. The summed E-state index contributed by atoms with van der Waals surface area (Å²) in [4.78, 5) is 12.1. The van der Waals surface area contributed by atoms with Gasteiger partial charge in [0.2, 0.25) is 5.28 Å². The second-order valence-electron chi connectivity index (χ2n) is 6.22. The number of rotatable bonds is 5. The largest absolute Gasteiger partial charge is 0.359 e. The quantitative estimate of drug-likeness (QED) is 0.534. The molecule has 0 radical (unpaired) electrons. The maximum atomic E-state index is 6.16.